The third kappa shape index (κ3) is 2.01. The largest absolute Gasteiger partial charge is 0.348 e. The molecule has 1 aromatic heterocycles. The summed E-state index contributed by atoms with van der Waals surface area (Å²) in [5, 5.41) is 2.85. The van der Waals surface area contributed by atoms with Gasteiger partial charge in [-0.25, -0.2) is 0 Å². The molecule has 0 radical (unpaired) electrons. The molecule has 3 rings (SSSR count). The van der Waals surface area contributed by atoms with Crippen molar-refractivity contribution in [2.75, 3.05) is 0 Å². The molecule has 0 bridgehead atoms. The number of pyridine rings is 1. The van der Waals surface area contributed by atoms with Gasteiger partial charge < -0.3 is 5.32 Å². The molecule has 1 aliphatic rings. The average Bonchev–Trinajstić information content (AvgIpc) is 2.80. The Kier molecular flexibility index (Phi) is 2.82. The Labute approximate surface area is 112 Å². The Bertz CT molecular complexity index is 647. The zero-order valence-electron chi connectivity index (χ0n) is 11.1. The van der Waals surface area contributed by atoms with Gasteiger partial charge in [-0.05, 0) is 35.2 Å². The summed E-state index contributed by atoms with van der Waals surface area (Å²) in [6.07, 6.45) is 1.83. The first kappa shape index (κ1) is 11.9. The Morgan fingerprint density at radius 2 is 2.05 bits per heavy atom. The van der Waals surface area contributed by atoms with Gasteiger partial charge in [0.15, 0.2) is 0 Å². The minimum atomic E-state index is 0.0248. The monoisotopic (exact) mass is 252 g/mol. The van der Waals surface area contributed by atoms with Crippen molar-refractivity contribution in [1.82, 2.24) is 10.3 Å². The first-order chi connectivity index (χ1) is 9.16. The lowest BCUT2D eigenvalue weighted by atomic mass is 9.95. The van der Waals surface area contributed by atoms with Gasteiger partial charge in [0.1, 0.15) is 0 Å². The summed E-state index contributed by atoms with van der Waals surface area (Å²) in [6, 6.07) is 10.1. The predicted molar refractivity (Wildman–Crippen MR) is 74.9 cm³/mol. The lowest BCUT2D eigenvalue weighted by Crippen LogP contribution is -2.12. The summed E-state index contributed by atoms with van der Waals surface area (Å²) in [4.78, 5) is 16.0. The second-order valence-corrected chi connectivity index (χ2v) is 5.15. The molecule has 0 saturated heterocycles. The molecule has 2 heterocycles. The number of hydrogen-bond donors (Lipinski definition) is 1. The van der Waals surface area contributed by atoms with Crippen molar-refractivity contribution in [3.05, 3.63) is 53.3 Å². The number of aromatic nitrogens is 1. The fourth-order valence-corrected chi connectivity index (χ4v) is 2.52. The molecular weight excluding hydrogens is 236 g/mol. The zero-order valence-corrected chi connectivity index (χ0v) is 11.1. The molecule has 1 aliphatic heterocycles. The van der Waals surface area contributed by atoms with Crippen molar-refractivity contribution >= 4 is 5.91 Å². The minimum Gasteiger partial charge on any atom is -0.348 e. The number of carbonyl (C=O) groups excluding carboxylic acids is 1. The number of fused-ring (bicyclic) bond motifs is 1. The molecule has 0 unspecified atom stereocenters. The van der Waals surface area contributed by atoms with Gasteiger partial charge in [0.25, 0.3) is 5.91 Å². The van der Waals surface area contributed by atoms with Crippen LogP contribution in [0.25, 0.3) is 11.1 Å². The van der Waals surface area contributed by atoms with E-state index < -0.39 is 0 Å². The lowest BCUT2D eigenvalue weighted by molar-refractivity contribution is 0.0966. The molecule has 96 valence electrons. The van der Waals surface area contributed by atoms with E-state index in [-0.39, 0.29) is 5.91 Å². The van der Waals surface area contributed by atoms with E-state index in [1.54, 1.807) is 0 Å². The molecule has 2 aromatic rings. The van der Waals surface area contributed by atoms with Crippen LogP contribution in [0, 0.1) is 0 Å². The van der Waals surface area contributed by atoms with E-state index >= 15 is 0 Å². The fraction of sp³-hybridized carbons (Fsp3) is 0.250. The van der Waals surface area contributed by atoms with Crippen molar-refractivity contribution in [3.63, 3.8) is 0 Å². The van der Waals surface area contributed by atoms with Crippen LogP contribution in [-0.4, -0.2) is 10.9 Å². The van der Waals surface area contributed by atoms with Crippen LogP contribution in [-0.2, 0) is 6.54 Å². The molecule has 0 saturated carbocycles. The normalized spacial score (nSPS) is 13.5. The molecule has 0 spiro atoms. The van der Waals surface area contributed by atoms with E-state index in [2.05, 4.69) is 36.3 Å². The van der Waals surface area contributed by atoms with Crippen LogP contribution in [0.5, 0.6) is 0 Å². The van der Waals surface area contributed by atoms with E-state index in [0.29, 0.717) is 12.5 Å². The molecule has 19 heavy (non-hydrogen) atoms. The second-order valence-electron chi connectivity index (χ2n) is 5.15. The van der Waals surface area contributed by atoms with Gasteiger partial charge in [-0.2, -0.15) is 0 Å². The number of nitrogens with zero attached hydrogens (tertiary/aromatic N) is 1. The van der Waals surface area contributed by atoms with Crippen molar-refractivity contribution < 1.29 is 4.79 Å². The number of carbonyl (C=O) groups is 1. The van der Waals surface area contributed by atoms with E-state index in [1.807, 2.05) is 24.4 Å². The molecule has 3 nitrogen and oxygen atoms in total. The predicted octanol–water partition coefficient (Wildman–Crippen LogP) is 3.12. The molecule has 1 N–H and O–H groups in total. The molecule has 0 atom stereocenters. The van der Waals surface area contributed by atoms with Crippen molar-refractivity contribution in [3.8, 4) is 11.1 Å². The summed E-state index contributed by atoms with van der Waals surface area (Å²) in [6.45, 7) is 4.91. The van der Waals surface area contributed by atoms with Crippen LogP contribution in [0.4, 0.5) is 0 Å². The molecule has 0 aliphatic carbocycles. The van der Waals surface area contributed by atoms with E-state index in [4.69, 9.17) is 0 Å². The third-order valence-corrected chi connectivity index (χ3v) is 3.49. The van der Waals surface area contributed by atoms with Crippen LogP contribution >= 0.6 is 0 Å². The molecule has 1 aromatic carbocycles. The van der Waals surface area contributed by atoms with Crippen molar-refractivity contribution in [2.24, 2.45) is 0 Å². The van der Waals surface area contributed by atoms with Crippen LogP contribution in [0.2, 0.25) is 0 Å². The lowest BCUT2D eigenvalue weighted by Gasteiger charge is -2.12. The van der Waals surface area contributed by atoms with Crippen LogP contribution in [0.15, 0.2) is 36.5 Å². The third-order valence-electron chi connectivity index (χ3n) is 3.49. The zero-order chi connectivity index (χ0) is 13.4. The van der Waals surface area contributed by atoms with Gasteiger partial charge in [-0.1, -0.05) is 26.0 Å². The number of amides is 1. The van der Waals surface area contributed by atoms with Crippen molar-refractivity contribution in [1.29, 1.82) is 0 Å². The highest BCUT2D eigenvalue weighted by Crippen LogP contribution is 2.29. The molecule has 0 fully saturated rings. The number of benzene rings is 1. The summed E-state index contributed by atoms with van der Waals surface area (Å²) >= 11 is 0. The van der Waals surface area contributed by atoms with Crippen LogP contribution < -0.4 is 5.32 Å². The SMILES string of the molecule is CC(C)c1ncccc1-c1ccc2c(c1)CNC2=O. The minimum absolute atomic E-state index is 0.0248. The summed E-state index contributed by atoms with van der Waals surface area (Å²) in [7, 11) is 0. The Hall–Kier alpha value is -2.16. The highest BCUT2D eigenvalue weighted by atomic mass is 16.1. The summed E-state index contributed by atoms with van der Waals surface area (Å²) in [5.74, 6) is 0.404. The maximum absolute atomic E-state index is 11.6. The van der Waals surface area contributed by atoms with Gasteiger partial charge in [0, 0.05) is 23.9 Å². The Morgan fingerprint density at radius 3 is 2.84 bits per heavy atom. The highest BCUT2D eigenvalue weighted by molar-refractivity contribution is 5.98. The van der Waals surface area contributed by atoms with Crippen molar-refractivity contribution in [2.45, 2.75) is 26.3 Å². The first-order valence-electron chi connectivity index (χ1n) is 6.53. The maximum Gasteiger partial charge on any atom is 0.251 e. The van der Waals surface area contributed by atoms with Gasteiger partial charge in [0.2, 0.25) is 0 Å². The summed E-state index contributed by atoms with van der Waals surface area (Å²) in [5.41, 5.74) is 5.24. The number of rotatable bonds is 2. The quantitative estimate of drug-likeness (QED) is 0.892. The Balaban J connectivity index is 2.11. The molecule has 1 amide bonds. The molecule has 3 heteroatoms. The van der Waals surface area contributed by atoms with E-state index in [9.17, 15) is 4.79 Å². The topological polar surface area (TPSA) is 42.0 Å². The van der Waals surface area contributed by atoms with Gasteiger partial charge in [-0.3, -0.25) is 9.78 Å². The highest BCUT2D eigenvalue weighted by Gasteiger charge is 2.19. The second kappa shape index (κ2) is 4.50. The van der Waals surface area contributed by atoms with E-state index in [0.717, 1.165) is 27.9 Å². The number of hydrogen-bond acceptors (Lipinski definition) is 2. The average molecular weight is 252 g/mol. The first-order valence-corrected chi connectivity index (χ1v) is 6.53. The van der Waals surface area contributed by atoms with Crippen LogP contribution in [0.3, 0.4) is 0 Å². The standard InChI is InChI=1S/C16H16N2O/c1-10(2)15-13(4-3-7-17-15)11-5-6-14-12(8-11)9-18-16(14)19/h3-8,10H,9H2,1-2H3,(H,18,19). The Morgan fingerprint density at radius 1 is 1.21 bits per heavy atom. The molecular formula is C16H16N2O. The maximum atomic E-state index is 11.6. The van der Waals surface area contributed by atoms with Gasteiger partial charge >= 0.3 is 0 Å². The van der Waals surface area contributed by atoms with Gasteiger partial charge in [-0.15, -0.1) is 0 Å². The van der Waals surface area contributed by atoms with Gasteiger partial charge in [0.05, 0.1) is 5.69 Å². The van der Waals surface area contributed by atoms with E-state index in [1.165, 1.54) is 0 Å². The van der Waals surface area contributed by atoms with Crippen LogP contribution in [0.1, 0.15) is 41.4 Å². The fourth-order valence-electron chi connectivity index (χ4n) is 2.52. The smallest absolute Gasteiger partial charge is 0.251 e. The number of nitrogens with one attached hydrogen (secondary N) is 1. The summed E-state index contributed by atoms with van der Waals surface area (Å²) < 4.78 is 0.